The van der Waals surface area contributed by atoms with Crippen LogP contribution in [0.25, 0.3) is 0 Å². The number of carbonyl (C=O) groups is 1. The molecule has 0 aromatic heterocycles. The lowest BCUT2D eigenvalue weighted by Gasteiger charge is -2.15. The minimum atomic E-state index is -0.140. The van der Waals surface area contributed by atoms with Gasteiger partial charge in [-0.15, -0.1) is 0 Å². The van der Waals surface area contributed by atoms with Crippen molar-refractivity contribution < 1.29 is 9.53 Å². The lowest BCUT2D eigenvalue weighted by atomic mass is 10.0. The standard InChI is InChI=1S/C16H26N2O2/c1-12-6-8-15(9-7-12)20-11-5-4-10-18-16(19)13(2)14(3)17/h6-9,13-14H,4-5,10-11,17H2,1-3H3,(H,18,19). The maximum Gasteiger partial charge on any atom is 0.224 e. The summed E-state index contributed by atoms with van der Waals surface area (Å²) >= 11 is 0. The molecule has 0 spiro atoms. The summed E-state index contributed by atoms with van der Waals surface area (Å²) < 4.78 is 5.62. The minimum absolute atomic E-state index is 0.0273. The van der Waals surface area contributed by atoms with Crippen molar-refractivity contribution in [1.82, 2.24) is 5.32 Å². The second-order valence-corrected chi connectivity index (χ2v) is 5.31. The third kappa shape index (κ3) is 6.06. The Morgan fingerprint density at radius 3 is 2.50 bits per heavy atom. The van der Waals surface area contributed by atoms with E-state index in [9.17, 15) is 4.79 Å². The molecule has 0 aliphatic carbocycles. The normalized spacial score (nSPS) is 13.6. The Morgan fingerprint density at radius 1 is 1.25 bits per heavy atom. The van der Waals surface area contributed by atoms with Crippen LogP contribution in [0.1, 0.15) is 32.3 Å². The molecule has 1 amide bonds. The molecule has 0 saturated heterocycles. The third-order valence-corrected chi connectivity index (χ3v) is 3.36. The summed E-state index contributed by atoms with van der Waals surface area (Å²) in [6, 6.07) is 7.90. The van der Waals surface area contributed by atoms with Crippen LogP contribution in [0.2, 0.25) is 0 Å². The fraction of sp³-hybridized carbons (Fsp3) is 0.562. The molecule has 20 heavy (non-hydrogen) atoms. The third-order valence-electron chi connectivity index (χ3n) is 3.36. The molecule has 2 atom stereocenters. The first kappa shape index (κ1) is 16.5. The van der Waals surface area contributed by atoms with Gasteiger partial charge in [-0.25, -0.2) is 0 Å². The highest BCUT2D eigenvalue weighted by Crippen LogP contribution is 2.11. The highest BCUT2D eigenvalue weighted by molar-refractivity contribution is 5.78. The van der Waals surface area contributed by atoms with Crippen LogP contribution in [0.3, 0.4) is 0 Å². The van der Waals surface area contributed by atoms with E-state index in [1.54, 1.807) is 0 Å². The van der Waals surface area contributed by atoms with E-state index in [1.165, 1.54) is 5.56 Å². The average molecular weight is 278 g/mol. The van der Waals surface area contributed by atoms with E-state index >= 15 is 0 Å². The number of benzene rings is 1. The van der Waals surface area contributed by atoms with Gasteiger partial charge in [0.2, 0.25) is 5.91 Å². The summed E-state index contributed by atoms with van der Waals surface area (Å²) in [4.78, 5) is 11.6. The number of hydrogen-bond donors (Lipinski definition) is 2. The first-order chi connectivity index (χ1) is 9.50. The Balaban J connectivity index is 2.08. The van der Waals surface area contributed by atoms with Crippen LogP contribution in [-0.2, 0) is 4.79 Å². The number of amides is 1. The number of carbonyl (C=O) groups excluding carboxylic acids is 1. The van der Waals surface area contributed by atoms with Crippen LogP contribution in [0.4, 0.5) is 0 Å². The van der Waals surface area contributed by atoms with Crippen LogP contribution in [0.15, 0.2) is 24.3 Å². The van der Waals surface area contributed by atoms with Crippen molar-refractivity contribution in [2.75, 3.05) is 13.2 Å². The zero-order chi connectivity index (χ0) is 15.0. The molecule has 0 radical (unpaired) electrons. The Morgan fingerprint density at radius 2 is 1.90 bits per heavy atom. The van der Waals surface area contributed by atoms with Crippen LogP contribution >= 0.6 is 0 Å². The molecule has 1 rings (SSSR count). The number of aryl methyl sites for hydroxylation is 1. The van der Waals surface area contributed by atoms with E-state index in [2.05, 4.69) is 12.2 Å². The van der Waals surface area contributed by atoms with Crippen molar-refractivity contribution in [1.29, 1.82) is 0 Å². The van der Waals surface area contributed by atoms with Gasteiger partial charge in [0.1, 0.15) is 5.75 Å². The molecule has 4 nitrogen and oxygen atoms in total. The zero-order valence-electron chi connectivity index (χ0n) is 12.7. The van der Waals surface area contributed by atoms with Crippen LogP contribution in [-0.4, -0.2) is 25.1 Å². The van der Waals surface area contributed by atoms with Gasteiger partial charge in [0, 0.05) is 18.5 Å². The molecule has 3 N–H and O–H groups in total. The molecule has 2 unspecified atom stereocenters. The van der Waals surface area contributed by atoms with Crippen LogP contribution in [0.5, 0.6) is 5.75 Å². The maximum absolute atomic E-state index is 11.6. The quantitative estimate of drug-likeness (QED) is 0.717. The molecule has 1 aromatic rings. The predicted molar refractivity (Wildman–Crippen MR) is 81.7 cm³/mol. The lowest BCUT2D eigenvalue weighted by molar-refractivity contribution is -0.124. The van der Waals surface area contributed by atoms with E-state index in [1.807, 2.05) is 38.1 Å². The molecule has 1 aromatic carbocycles. The van der Waals surface area contributed by atoms with Crippen LogP contribution in [0, 0.1) is 12.8 Å². The van der Waals surface area contributed by atoms with E-state index in [0.29, 0.717) is 13.2 Å². The van der Waals surface area contributed by atoms with Gasteiger partial charge in [0.25, 0.3) is 0 Å². The fourth-order valence-electron chi connectivity index (χ4n) is 1.66. The Hall–Kier alpha value is -1.55. The lowest BCUT2D eigenvalue weighted by Crippen LogP contribution is -2.38. The van der Waals surface area contributed by atoms with Crippen LogP contribution < -0.4 is 15.8 Å². The number of rotatable bonds is 8. The van der Waals surface area contributed by atoms with E-state index in [0.717, 1.165) is 18.6 Å². The van der Waals surface area contributed by atoms with Crippen molar-refractivity contribution >= 4 is 5.91 Å². The zero-order valence-corrected chi connectivity index (χ0v) is 12.7. The summed E-state index contributed by atoms with van der Waals surface area (Å²) in [7, 11) is 0. The monoisotopic (exact) mass is 278 g/mol. The minimum Gasteiger partial charge on any atom is -0.494 e. The van der Waals surface area contributed by atoms with Crippen molar-refractivity contribution in [3.05, 3.63) is 29.8 Å². The summed E-state index contributed by atoms with van der Waals surface area (Å²) in [5, 5.41) is 2.90. The molecular weight excluding hydrogens is 252 g/mol. The predicted octanol–water partition coefficient (Wildman–Crippen LogP) is 2.25. The summed E-state index contributed by atoms with van der Waals surface area (Å²) in [6.07, 6.45) is 1.82. The van der Waals surface area contributed by atoms with E-state index < -0.39 is 0 Å². The van der Waals surface area contributed by atoms with E-state index in [4.69, 9.17) is 10.5 Å². The number of nitrogens with two attached hydrogens (primary N) is 1. The van der Waals surface area contributed by atoms with Gasteiger partial charge in [-0.1, -0.05) is 24.6 Å². The highest BCUT2D eigenvalue weighted by atomic mass is 16.5. The SMILES string of the molecule is Cc1ccc(OCCCCNC(=O)C(C)C(C)N)cc1. The fourth-order valence-corrected chi connectivity index (χ4v) is 1.66. The van der Waals surface area contributed by atoms with Gasteiger partial charge in [0.05, 0.1) is 6.61 Å². The first-order valence-electron chi connectivity index (χ1n) is 7.23. The molecule has 0 heterocycles. The second kappa shape index (κ2) is 8.59. The Bertz CT molecular complexity index is 401. The molecular formula is C16H26N2O2. The van der Waals surface area contributed by atoms with Gasteiger partial charge in [-0.05, 0) is 38.8 Å². The largest absolute Gasteiger partial charge is 0.494 e. The van der Waals surface area contributed by atoms with Gasteiger partial charge < -0.3 is 15.8 Å². The summed E-state index contributed by atoms with van der Waals surface area (Å²) in [6.45, 7) is 7.09. The molecule has 0 bridgehead atoms. The number of unbranched alkanes of at least 4 members (excludes halogenated alkanes) is 1. The average Bonchev–Trinajstić information content (AvgIpc) is 2.43. The smallest absolute Gasteiger partial charge is 0.224 e. The van der Waals surface area contributed by atoms with Crippen molar-refractivity contribution in [2.45, 2.75) is 39.7 Å². The first-order valence-corrected chi connectivity index (χ1v) is 7.23. The van der Waals surface area contributed by atoms with Gasteiger partial charge in [-0.2, -0.15) is 0 Å². The summed E-state index contributed by atoms with van der Waals surface area (Å²) in [5.41, 5.74) is 6.91. The van der Waals surface area contributed by atoms with Gasteiger partial charge >= 0.3 is 0 Å². The molecule has 0 aliphatic rings. The topological polar surface area (TPSA) is 64.3 Å². The molecule has 0 aliphatic heterocycles. The number of hydrogen-bond acceptors (Lipinski definition) is 3. The number of nitrogens with one attached hydrogen (secondary N) is 1. The molecule has 4 heteroatoms. The maximum atomic E-state index is 11.6. The molecule has 112 valence electrons. The number of ether oxygens (including phenoxy) is 1. The molecule has 0 fully saturated rings. The Labute approximate surface area is 121 Å². The molecule has 0 saturated carbocycles. The van der Waals surface area contributed by atoms with Gasteiger partial charge in [-0.3, -0.25) is 4.79 Å². The van der Waals surface area contributed by atoms with Crippen molar-refractivity contribution in [3.63, 3.8) is 0 Å². The highest BCUT2D eigenvalue weighted by Gasteiger charge is 2.15. The van der Waals surface area contributed by atoms with Crippen molar-refractivity contribution in [3.8, 4) is 5.75 Å². The van der Waals surface area contributed by atoms with Crippen molar-refractivity contribution in [2.24, 2.45) is 11.7 Å². The Kier molecular flexibility index (Phi) is 7.09. The van der Waals surface area contributed by atoms with Gasteiger partial charge in [0.15, 0.2) is 0 Å². The van der Waals surface area contributed by atoms with E-state index in [-0.39, 0.29) is 17.9 Å². The summed E-state index contributed by atoms with van der Waals surface area (Å²) in [5.74, 6) is 0.781. The second-order valence-electron chi connectivity index (χ2n) is 5.31.